The number of aliphatic imine (C=N–C) groups is 1. The number of nitrogens with zero attached hydrogens (tertiary/aromatic N) is 2. The molecule has 0 heterocycles. The molecule has 7 heteroatoms. The summed E-state index contributed by atoms with van der Waals surface area (Å²) in [4.78, 5) is 18.8. The molecule has 162 valence electrons. The minimum Gasteiger partial charge on any atom is -0.443 e. The van der Waals surface area contributed by atoms with Crippen LogP contribution in [0.4, 0.5) is 10.5 Å². The Morgan fingerprint density at radius 3 is 2.55 bits per heavy atom. The van der Waals surface area contributed by atoms with Gasteiger partial charge in [0.25, 0.3) is 0 Å². The molecule has 0 saturated heterocycles. The molecule has 1 fully saturated rings. The minimum atomic E-state index is -0.509. The van der Waals surface area contributed by atoms with E-state index in [4.69, 9.17) is 9.47 Å². The number of benzene rings is 1. The predicted octanol–water partition coefficient (Wildman–Crippen LogP) is 3.60. The van der Waals surface area contributed by atoms with Crippen LogP contribution in [0.1, 0.15) is 51.7 Å². The molecule has 2 N–H and O–H groups in total. The van der Waals surface area contributed by atoms with Crippen molar-refractivity contribution < 1.29 is 14.3 Å². The molecule has 1 saturated carbocycles. The van der Waals surface area contributed by atoms with Crippen molar-refractivity contribution >= 4 is 17.7 Å². The number of anilines is 1. The number of guanidine groups is 1. The Labute approximate surface area is 174 Å². The highest BCUT2D eigenvalue weighted by Crippen LogP contribution is 2.35. The van der Waals surface area contributed by atoms with E-state index in [2.05, 4.69) is 21.7 Å². The highest BCUT2D eigenvalue weighted by Gasteiger charge is 2.37. The Kier molecular flexibility index (Phi) is 7.90. The quantitative estimate of drug-likeness (QED) is 0.536. The lowest BCUT2D eigenvalue weighted by Gasteiger charge is -2.28. The van der Waals surface area contributed by atoms with E-state index in [0.29, 0.717) is 13.2 Å². The van der Waals surface area contributed by atoms with Crippen molar-refractivity contribution in [1.29, 1.82) is 0 Å². The summed E-state index contributed by atoms with van der Waals surface area (Å²) in [6, 6.07) is 6.56. The second-order valence-corrected chi connectivity index (χ2v) is 8.63. The first kappa shape index (κ1) is 23.0. The van der Waals surface area contributed by atoms with Crippen molar-refractivity contribution in [1.82, 2.24) is 10.6 Å². The summed E-state index contributed by atoms with van der Waals surface area (Å²) in [5.74, 6) is 0.727. The van der Waals surface area contributed by atoms with Crippen molar-refractivity contribution in [3.05, 3.63) is 29.3 Å². The van der Waals surface area contributed by atoms with Crippen LogP contribution in [-0.2, 0) is 16.0 Å². The van der Waals surface area contributed by atoms with E-state index in [1.807, 2.05) is 51.7 Å². The van der Waals surface area contributed by atoms with E-state index in [1.54, 1.807) is 14.2 Å². The predicted molar refractivity (Wildman–Crippen MR) is 118 cm³/mol. The maximum atomic E-state index is 12.7. The Bertz CT molecular complexity index is 723. The van der Waals surface area contributed by atoms with Gasteiger partial charge in [-0.2, -0.15) is 0 Å². The normalized spacial score (nSPS) is 15.6. The zero-order valence-electron chi connectivity index (χ0n) is 18.8. The summed E-state index contributed by atoms with van der Waals surface area (Å²) in [5.41, 5.74) is 2.58. The molecular weight excluding hydrogens is 368 g/mol. The van der Waals surface area contributed by atoms with Crippen LogP contribution >= 0.6 is 0 Å². The molecule has 0 bridgehead atoms. The fourth-order valence-electron chi connectivity index (χ4n) is 3.09. The minimum absolute atomic E-state index is 0.163. The van der Waals surface area contributed by atoms with Gasteiger partial charge in [-0.15, -0.1) is 0 Å². The average Bonchev–Trinajstić information content (AvgIpc) is 3.44. The average molecular weight is 405 g/mol. The van der Waals surface area contributed by atoms with Gasteiger partial charge in [-0.25, -0.2) is 4.79 Å². The van der Waals surface area contributed by atoms with Crippen LogP contribution in [0.15, 0.2) is 23.2 Å². The molecule has 29 heavy (non-hydrogen) atoms. The van der Waals surface area contributed by atoms with Crippen molar-refractivity contribution in [2.24, 2.45) is 4.99 Å². The topological polar surface area (TPSA) is 75.2 Å². The largest absolute Gasteiger partial charge is 0.443 e. The van der Waals surface area contributed by atoms with Gasteiger partial charge < -0.3 is 20.1 Å². The number of ether oxygens (including phenoxy) is 2. The number of hydrogen-bond donors (Lipinski definition) is 2. The van der Waals surface area contributed by atoms with Gasteiger partial charge in [0, 0.05) is 32.8 Å². The maximum Gasteiger partial charge on any atom is 0.415 e. The van der Waals surface area contributed by atoms with Gasteiger partial charge in [-0.05, 0) is 64.7 Å². The molecule has 1 unspecified atom stereocenters. The van der Waals surface area contributed by atoms with Crippen LogP contribution in [0.2, 0.25) is 0 Å². The molecule has 0 aromatic heterocycles. The Hall–Kier alpha value is -2.28. The number of amides is 1. The molecule has 1 aliphatic rings. The van der Waals surface area contributed by atoms with Gasteiger partial charge in [0.15, 0.2) is 5.96 Å². The van der Waals surface area contributed by atoms with Gasteiger partial charge in [-0.3, -0.25) is 9.89 Å². The maximum absolute atomic E-state index is 12.7. The van der Waals surface area contributed by atoms with Crippen LogP contribution < -0.4 is 15.5 Å². The summed E-state index contributed by atoms with van der Waals surface area (Å²) in [6.07, 6.45) is 1.76. The second-order valence-electron chi connectivity index (χ2n) is 8.63. The van der Waals surface area contributed by atoms with Gasteiger partial charge in [0.2, 0.25) is 0 Å². The van der Waals surface area contributed by atoms with Gasteiger partial charge in [0.1, 0.15) is 5.60 Å². The second kappa shape index (κ2) is 9.96. The third-order valence-corrected chi connectivity index (χ3v) is 4.51. The number of nitrogens with one attached hydrogen (secondary N) is 2. The van der Waals surface area contributed by atoms with Crippen LogP contribution in [0.25, 0.3) is 0 Å². The third kappa shape index (κ3) is 7.24. The molecule has 1 atom stereocenters. The zero-order valence-corrected chi connectivity index (χ0v) is 18.8. The summed E-state index contributed by atoms with van der Waals surface area (Å²) < 4.78 is 10.8. The Balaban J connectivity index is 2.06. The molecular formula is C22H36N4O3. The molecule has 0 radical (unpaired) electrons. The molecule has 1 aromatic rings. The van der Waals surface area contributed by atoms with Crippen molar-refractivity contribution in [3.63, 3.8) is 0 Å². The standard InChI is InChI=1S/C22H36N4O3/c1-15-12-17(13-24-20(23-6)25-16(2)14-28-7)8-11-19(15)26(18-9-10-18)21(27)29-22(3,4)5/h8,11-12,16,18H,9-10,13-14H2,1-7H3,(H2,23,24,25). The molecule has 0 spiro atoms. The monoisotopic (exact) mass is 404 g/mol. The third-order valence-electron chi connectivity index (χ3n) is 4.51. The highest BCUT2D eigenvalue weighted by molar-refractivity contribution is 5.90. The molecule has 7 nitrogen and oxygen atoms in total. The van der Waals surface area contributed by atoms with Gasteiger partial charge >= 0.3 is 6.09 Å². The number of carbonyl (C=O) groups excluding carboxylic acids is 1. The van der Waals surface area contributed by atoms with Crippen LogP contribution in [-0.4, -0.2) is 50.5 Å². The number of rotatable bonds is 7. The summed E-state index contributed by atoms with van der Waals surface area (Å²) in [7, 11) is 3.43. The summed E-state index contributed by atoms with van der Waals surface area (Å²) in [5, 5.41) is 6.60. The first-order chi connectivity index (χ1) is 13.6. The highest BCUT2D eigenvalue weighted by atomic mass is 16.6. The van der Waals surface area contributed by atoms with E-state index in [0.717, 1.165) is 35.6 Å². The van der Waals surface area contributed by atoms with Crippen molar-refractivity contribution in [3.8, 4) is 0 Å². The number of methoxy groups -OCH3 is 1. The Morgan fingerprint density at radius 2 is 2.03 bits per heavy atom. The van der Waals surface area contributed by atoms with Crippen molar-refractivity contribution in [2.45, 2.75) is 71.7 Å². The van der Waals surface area contributed by atoms with E-state index in [-0.39, 0.29) is 18.2 Å². The molecule has 1 aliphatic carbocycles. The van der Waals surface area contributed by atoms with E-state index in [9.17, 15) is 4.79 Å². The fraction of sp³-hybridized carbons (Fsp3) is 0.636. The number of hydrogen-bond acceptors (Lipinski definition) is 4. The van der Waals surface area contributed by atoms with E-state index >= 15 is 0 Å². The lowest BCUT2D eigenvalue weighted by atomic mass is 10.1. The van der Waals surface area contributed by atoms with Gasteiger partial charge in [-0.1, -0.05) is 12.1 Å². The number of aryl methyl sites for hydroxylation is 1. The molecule has 0 aliphatic heterocycles. The lowest BCUT2D eigenvalue weighted by Crippen LogP contribution is -2.43. The molecule has 1 aromatic carbocycles. The van der Waals surface area contributed by atoms with Crippen LogP contribution in [0.5, 0.6) is 0 Å². The fourth-order valence-corrected chi connectivity index (χ4v) is 3.09. The van der Waals surface area contributed by atoms with Gasteiger partial charge in [0.05, 0.1) is 12.3 Å². The van der Waals surface area contributed by atoms with Crippen LogP contribution in [0, 0.1) is 6.92 Å². The smallest absolute Gasteiger partial charge is 0.415 e. The SMILES string of the molecule is CN=C(NCc1ccc(N(C(=O)OC(C)(C)C)C2CC2)c(C)c1)NC(C)COC. The van der Waals surface area contributed by atoms with Crippen LogP contribution in [0.3, 0.4) is 0 Å². The van der Waals surface area contributed by atoms with Crippen molar-refractivity contribution in [2.75, 3.05) is 25.7 Å². The lowest BCUT2D eigenvalue weighted by molar-refractivity contribution is 0.0577. The zero-order chi connectivity index (χ0) is 21.6. The Morgan fingerprint density at radius 1 is 1.34 bits per heavy atom. The number of carbonyl (C=O) groups is 1. The van der Waals surface area contributed by atoms with E-state index < -0.39 is 5.60 Å². The van der Waals surface area contributed by atoms with E-state index in [1.165, 1.54) is 0 Å². The molecule has 2 rings (SSSR count). The summed E-state index contributed by atoms with van der Waals surface area (Å²) in [6.45, 7) is 11.0. The first-order valence-electron chi connectivity index (χ1n) is 10.2. The first-order valence-corrected chi connectivity index (χ1v) is 10.2. The summed E-state index contributed by atoms with van der Waals surface area (Å²) >= 11 is 0. The molecule has 1 amide bonds.